The zero-order valence-electron chi connectivity index (χ0n) is 24.4. The van der Waals surface area contributed by atoms with Gasteiger partial charge >= 0.3 is 6.03 Å². The Labute approximate surface area is 258 Å². The molecule has 3 aromatic carbocycles. The molecule has 43 heavy (non-hydrogen) atoms. The van der Waals surface area contributed by atoms with Crippen molar-refractivity contribution < 1.29 is 26.7 Å². The maximum atomic E-state index is 14.4. The van der Waals surface area contributed by atoms with Crippen LogP contribution in [0.2, 0.25) is 0 Å². The number of benzene rings is 3. The fourth-order valence-electron chi connectivity index (χ4n) is 4.78. The SMILES string of the molecule is CCCCN(C(=O)NC1CCN(Cc2ccc(Oc3ccc(CNS(C)(=O)=O)cc3)cc2)CC1)c1ccc(F)cc1F.Cl. The van der Waals surface area contributed by atoms with Crippen LogP contribution in [0.5, 0.6) is 11.5 Å². The van der Waals surface area contributed by atoms with E-state index in [1.165, 1.54) is 17.0 Å². The molecule has 0 saturated carbocycles. The molecule has 2 N–H and O–H groups in total. The monoisotopic (exact) mass is 636 g/mol. The Morgan fingerprint density at radius 3 is 2.14 bits per heavy atom. The van der Waals surface area contributed by atoms with Crippen LogP contribution in [0, 0.1) is 11.6 Å². The summed E-state index contributed by atoms with van der Waals surface area (Å²) < 4.78 is 58.8. The van der Waals surface area contributed by atoms with Crippen molar-refractivity contribution in [2.75, 3.05) is 30.8 Å². The lowest BCUT2D eigenvalue weighted by atomic mass is 10.0. The van der Waals surface area contributed by atoms with Gasteiger partial charge in [-0.1, -0.05) is 37.6 Å². The average molecular weight is 637 g/mol. The van der Waals surface area contributed by atoms with E-state index >= 15 is 0 Å². The minimum atomic E-state index is -3.25. The molecule has 0 aromatic heterocycles. The van der Waals surface area contributed by atoms with Gasteiger partial charge in [-0.05, 0) is 66.8 Å². The number of amides is 2. The summed E-state index contributed by atoms with van der Waals surface area (Å²) in [4.78, 5) is 16.8. The first-order valence-electron chi connectivity index (χ1n) is 14.2. The number of anilines is 1. The molecule has 8 nitrogen and oxygen atoms in total. The van der Waals surface area contributed by atoms with Crippen LogP contribution in [0.1, 0.15) is 43.7 Å². The number of piperidine rings is 1. The molecule has 4 rings (SSSR count). The van der Waals surface area contributed by atoms with Gasteiger partial charge in [-0.25, -0.2) is 26.7 Å². The number of carbonyl (C=O) groups excluding carboxylic acids is 1. The van der Waals surface area contributed by atoms with Crippen LogP contribution < -0.4 is 19.7 Å². The highest BCUT2D eigenvalue weighted by Gasteiger charge is 2.25. The summed E-state index contributed by atoms with van der Waals surface area (Å²) in [5, 5.41) is 3.05. The molecule has 12 heteroatoms. The summed E-state index contributed by atoms with van der Waals surface area (Å²) in [6, 6.07) is 18.0. The minimum absolute atomic E-state index is 0. The predicted molar refractivity (Wildman–Crippen MR) is 167 cm³/mol. The smallest absolute Gasteiger partial charge is 0.322 e. The molecule has 1 saturated heterocycles. The van der Waals surface area contributed by atoms with Gasteiger partial charge in [0.05, 0.1) is 11.9 Å². The summed E-state index contributed by atoms with van der Waals surface area (Å²) in [6.45, 7) is 4.97. The van der Waals surface area contributed by atoms with Gasteiger partial charge in [0.25, 0.3) is 0 Å². The van der Waals surface area contributed by atoms with Crippen molar-refractivity contribution in [1.29, 1.82) is 0 Å². The van der Waals surface area contributed by atoms with Gasteiger partial charge in [-0.3, -0.25) is 9.80 Å². The summed E-state index contributed by atoms with van der Waals surface area (Å²) in [6.07, 6.45) is 4.23. The normalized spacial score (nSPS) is 14.1. The molecule has 234 valence electrons. The molecule has 1 aliphatic heterocycles. The molecule has 0 bridgehead atoms. The Kier molecular flexibility index (Phi) is 12.7. The number of nitrogens with zero attached hydrogens (tertiary/aromatic N) is 2. The maximum absolute atomic E-state index is 14.4. The number of unbranched alkanes of at least 4 members (excludes halogenated alkanes) is 1. The van der Waals surface area contributed by atoms with Gasteiger partial charge in [0.2, 0.25) is 10.0 Å². The van der Waals surface area contributed by atoms with Gasteiger partial charge in [0.1, 0.15) is 23.1 Å². The van der Waals surface area contributed by atoms with Crippen LogP contribution in [-0.2, 0) is 23.1 Å². The molecule has 1 aliphatic rings. The molecule has 1 heterocycles. The lowest BCUT2D eigenvalue weighted by Gasteiger charge is -2.34. The van der Waals surface area contributed by atoms with Gasteiger partial charge in [0.15, 0.2) is 0 Å². The van der Waals surface area contributed by atoms with Gasteiger partial charge in [-0.2, -0.15) is 0 Å². The maximum Gasteiger partial charge on any atom is 0.322 e. The van der Waals surface area contributed by atoms with Gasteiger partial charge in [0, 0.05) is 44.8 Å². The van der Waals surface area contributed by atoms with Crippen LogP contribution in [0.4, 0.5) is 19.3 Å². The van der Waals surface area contributed by atoms with Crippen molar-refractivity contribution >= 4 is 34.1 Å². The highest BCUT2D eigenvalue weighted by Crippen LogP contribution is 2.24. The fourth-order valence-corrected chi connectivity index (χ4v) is 5.21. The van der Waals surface area contributed by atoms with E-state index in [0.29, 0.717) is 24.5 Å². The van der Waals surface area contributed by atoms with Crippen LogP contribution in [-0.4, -0.2) is 51.3 Å². The number of carbonyl (C=O) groups is 1. The van der Waals surface area contributed by atoms with Crippen LogP contribution in [0.15, 0.2) is 66.7 Å². The van der Waals surface area contributed by atoms with Crippen LogP contribution in [0.3, 0.4) is 0 Å². The Balaban J connectivity index is 0.00000506. The van der Waals surface area contributed by atoms with Crippen molar-refractivity contribution in [1.82, 2.24) is 14.9 Å². The molecule has 3 aromatic rings. The second-order valence-corrected chi connectivity index (χ2v) is 12.4. The van der Waals surface area contributed by atoms with E-state index in [1.807, 2.05) is 43.3 Å². The number of hydrogen-bond acceptors (Lipinski definition) is 5. The van der Waals surface area contributed by atoms with Crippen molar-refractivity contribution in [3.05, 3.63) is 89.5 Å². The predicted octanol–water partition coefficient (Wildman–Crippen LogP) is 6.21. The Hall–Kier alpha value is -3.25. The van der Waals surface area contributed by atoms with E-state index in [2.05, 4.69) is 14.9 Å². The first kappa shape index (κ1) is 34.2. The van der Waals surface area contributed by atoms with Gasteiger partial charge < -0.3 is 10.1 Å². The molecule has 0 unspecified atom stereocenters. The quantitative estimate of drug-likeness (QED) is 0.247. The molecule has 1 fully saturated rings. The van der Waals surface area contributed by atoms with E-state index in [1.54, 1.807) is 12.1 Å². The van der Waals surface area contributed by atoms with E-state index in [4.69, 9.17) is 4.74 Å². The minimum Gasteiger partial charge on any atom is -0.457 e. The van der Waals surface area contributed by atoms with Crippen molar-refractivity contribution in [2.45, 2.75) is 51.7 Å². The zero-order chi connectivity index (χ0) is 30.1. The second-order valence-electron chi connectivity index (χ2n) is 10.6. The molecule has 0 aliphatic carbocycles. The third kappa shape index (κ3) is 10.8. The fraction of sp³-hybridized carbons (Fsp3) is 0.387. The number of halogens is 3. The van der Waals surface area contributed by atoms with E-state index in [0.717, 1.165) is 62.3 Å². The highest BCUT2D eigenvalue weighted by atomic mass is 35.5. The largest absolute Gasteiger partial charge is 0.457 e. The summed E-state index contributed by atoms with van der Waals surface area (Å²) in [5.74, 6) is -0.0580. The highest BCUT2D eigenvalue weighted by molar-refractivity contribution is 7.88. The third-order valence-corrected chi connectivity index (χ3v) is 7.79. The second kappa shape index (κ2) is 16.0. The van der Waals surface area contributed by atoms with Crippen molar-refractivity contribution in [3.63, 3.8) is 0 Å². The van der Waals surface area contributed by atoms with E-state index in [-0.39, 0.29) is 36.7 Å². The number of likely N-dealkylation sites (tertiary alicyclic amines) is 1. The lowest BCUT2D eigenvalue weighted by molar-refractivity contribution is 0.188. The van der Waals surface area contributed by atoms with Gasteiger partial charge in [-0.15, -0.1) is 12.4 Å². The summed E-state index contributed by atoms with van der Waals surface area (Å²) >= 11 is 0. The van der Waals surface area contributed by atoms with Crippen molar-refractivity contribution in [2.24, 2.45) is 0 Å². The zero-order valence-corrected chi connectivity index (χ0v) is 26.0. The first-order valence-corrected chi connectivity index (χ1v) is 16.0. The summed E-state index contributed by atoms with van der Waals surface area (Å²) in [5.41, 5.74) is 2.07. The average Bonchev–Trinajstić information content (AvgIpc) is 2.95. The number of urea groups is 1. The molecular weight excluding hydrogens is 598 g/mol. The Bertz CT molecular complexity index is 1440. The van der Waals surface area contributed by atoms with Crippen LogP contribution >= 0.6 is 12.4 Å². The number of hydrogen-bond donors (Lipinski definition) is 2. The third-order valence-electron chi connectivity index (χ3n) is 7.12. The molecule has 0 spiro atoms. The number of ether oxygens (including phenoxy) is 1. The topological polar surface area (TPSA) is 91.0 Å². The Morgan fingerprint density at radius 1 is 0.977 bits per heavy atom. The number of rotatable bonds is 12. The van der Waals surface area contributed by atoms with Crippen LogP contribution in [0.25, 0.3) is 0 Å². The standard InChI is InChI=1S/C31H38F2N4O4S.ClH/c1-3-4-17-37(30-14-9-25(32)20-29(30)33)31(38)35-26-15-18-36(19-16-26)22-24-7-12-28(13-8-24)41-27-10-5-23(6-11-27)21-34-42(2,39)40;/h5-14,20,26,34H,3-4,15-19,21-22H2,1-2H3,(H,35,38);1H. The summed E-state index contributed by atoms with van der Waals surface area (Å²) in [7, 11) is -3.25. The molecule has 2 amide bonds. The van der Waals surface area contributed by atoms with E-state index < -0.39 is 21.7 Å². The first-order chi connectivity index (χ1) is 20.1. The van der Waals surface area contributed by atoms with E-state index in [9.17, 15) is 22.0 Å². The Morgan fingerprint density at radius 2 is 1.58 bits per heavy atom. The number of sulfonamides is 1. The lowest BCUT2D eigenvalue weighted by Crippen LogP contribution is -2.49. The van der Waals surface area contributed by atoms with Crippen molar-refractivity contribution in [3.8, 4) is 11.5 Å². The molecule has 0 atom stereocenters. The molecular formula is C31H39ClF2N4O4S. The molecule has 0 radical (unpaired) electrons. The number of nitrogens with one attached hydrogen (secondary N) is 2.